The van der Waals surface area contributed by atoms with Gasteiger partial charge in [-0.3, -0.25) is 9.59 Å². The first-order valence-electron chi connectivity index (χ1n) is 8.35. The molecule has 0 aliphatic heterocycles. The Morgan fingerprint density at radius 2 is 2.12 bits per heavy atom. The molecular formula is C19H20FNO5. The zero-order valence-corrected chi connectivity index (χ0v) is 14.4. The van der Waals surface area contributed by atoms with Crippen LogP contribution in [0.25, 0.3) is 0 Å². The lowest BCUT2D eigenvalue weighted by Gasteiger charge is -2.38. The van der Waals surface area contributed by atoms with Gasteiger partial charge in [0, 0.05) is 18.2 Å². The normalized spacial score (nSPS) is 15.2. The molecule has 138 valence electrons. The maximum atomic E-state index is 14.1. The lowest BCUT2D eigenvalue weighted by Crippen LogP contribution is -2.43. The van der Waals surface area contributed by atoms with E-state index in [0.717, 1.165) is 6.42 Å². The summed E-state index contributed by atoms with van der Waals surface area (Å²) in [5.41, 5.74) is -0.701. The number of carbonyl (C=O) groups excluding carboxylic acids is 1. The van der Waals surface area contributed by atoms with Gasteiger partial charge in [0.2, 0.25) is 5.91 Å². The number of carboxylic acid groups (broad SMARTS) is 1. The number of rotatable bonds is 7. The van der Waals surface area contributed by atoms with E-state index in [4.69, 9.17) is 9.15 Å². The Kier molecular flexibility index (Phi) is 4.97. The summed E-state index contributed by atoms with van der Waals surface area (Å²) in [5.74, 6) is -1.35. The van der Waals surface area contributed by atoms with Crippen molar-refractivity contribution in [3.63, 3.8) is 0 Å². The van der Waals surface area contributed by atoms with E-state index >= 15 is 0 Å². The van der Waals surface area contributed by atoms with Gasteiger partial charge in [-0.1, -0.05) is 6.42 Å². The largest absolute Gasteiger partial charge is 0.494 e. The standard InChI is InChI=1S/C19H20FNO5/c1-25-16-6-5-13(10-15(16)20)21(12-14-4-2-9-26-14)17(22)11-19(18(23)24)7-3-8-19/h2,4-6,9-10H,3,7-8,11-12H2,1H3,(H,23,24). The van der Waals surface area contributed by atoms with Crippen molar-refractivity contribution in [1.82, 2.24) is 0 Å². The van der Waals surface area contributed by atoms with E-state index in [1.54, 1.807) is 18.2 Å². The van der Waals surface area contributed by atoms with Crippen LogP contribution in [0.4, 0.5) is 10.1 Å². The van der Waals surface area contributed by atoms with Crippen LogP contribution in [0.1, 0.15) is 31.4 Å². The van der Waals surface area contributed by atoms with Gasteiger partial charge in [-0.2, -0.15) is 0 Å². The number of nitrogens with zero attached hydrogens (tertiary/aromatic N) is 1. The number of halogens is 1. The molecule has 1 aliphatic rings. The first-order valence-corrected chi connectivity index (χ1v) is 8.35. The molecule has 3 rings (SSSR count). The van der Waals surface area contributed by atoms with E-state index in [1.165, 1.54) is 30.4 Å². The second-order valence-corrected chi connectivity index (χ2v) is 6.49. The zero-order valence-electron chi connectivity index (χ0n) is 14.4. The minimum Gasteiger partial charge on any atom is -0.494 e. The van der Waals surface area contributed by atoms with E-state index in [-0.39, 0.29) is 24.6 Å². The molecule has 1 amide bonds. The van der Waals surface area contributed by atoms with Crippen molar-refractivity contribution in [1.29, 1.82) is 0 Å². The van der Waals surface area contributed by atoms with Gasteiger partial charge in [0.05, 0.1) is 25.3 Å². The fraction of sp³-hybridized carbons (Fsp3) is 0.368. The molecule has 1 saturated carbocycles. The number of hydrogen-bond donors (Lipinski definition) is 1. The molecule has 1 fully saturated rings. The van der Waals surface area contributed by atoms with Gasteiger partial charge in [-0.05, 0) is 37.1 Å². The fourth-order valence-corrected chi connectivity index (χ4v) is 3.16. The van der Waals surface area contributed by atoms with Gasteiger partial charge in [-0.15, -0.1) is 0 Å². The topological polar surface area (TPSA) is 80.0 Å². The van der Waals surface area contributed by atoms with Gasteiger partial charge in [0.1, 0.15) is 5.76 Å². The third-order valence-electron chi connectivity index (χ3n) is 4.90. The van der Waals surface area contributed by atoms with Crippen LogP contribution in [0.3, 0.4) is 0 Å². The quantitative estimate of drug-likeness (QED) is 0.815. The number of benzene rings is 1. The Bertz CT molecular complexity index is 798. The number of methoxy groups -OCH3 is 1. The van der Waals surface area contributed by atoms with Crippen molar-refractivity contribution in [2.45, 2.75) is 32.2 Å². The lowest BCUT2D eigenvalue weighted by atomic mass is 9.66. The van der Waals surface area contributed by atoms with Gasteiger partial charge in [0.25, 0.3) is 0 Å². The van der Waals surface area contributed by atoms with Gasteiger partial charge < -0.3 is 19.2 Å². The number of amides is 1. The van der Waals surface area contributed by atoms with Crippen LogP contribution in [0.5, 0.6) is 5.75 Å². The zero-order chi connectivity index (χ0) is 18.7. The summed E-state index contributed by atoms with van der Waals surface area (Å²) in [4.78, 5) is 25.9. The number of hydrogen-bond acceptors (Lipinski definition) is 4. The van der Waals surface area contributed by atoms with Crippen molar-refractivity contribution >= 4 is 17.6 Å². The number of anilines is 1. The molecular weight excluding hydrogens is 341 g/mol. The van der Waals surface area contributed by atoms with Crippen molar-refractivity contribution < 1.29 is 28.2 Å². The summed E-state index contributed by atoms with van der Waals surface area (Å²) < 4.78 is 24.3. The van der Waals surface area contributed by atoms with E-state index in [2.05, 4.69) is 0 Å². The number of carbonyl (C=O) groups is 2. The van der Waals surface area contributed by atoms with E-state index in [1.807, 2.05) is 0 Å². The maximum absolute atomic E-state index is 14.1. The van der Waals surface area contributed by atoms with Crippen molar-refractivity contribution in [2.24, 2.45) is 5.41 Å². The third kappa shape index (κ3) is 3.42. The Balaban J connectivity index is 1.89. The highest BCUT2D eigenvalue weighted by Crippen LogP contribution is 2.45. The van der Waals surface area contributed by atoms with Crippen LogP contribution in [-0.2, 0) is 16.1 Å². The Morgan fingerprint density at radius 3 is 2.62 bits per heavy atom. The van der Waals surface area contributed by atoms with Crippen LogP contribution in [0.2, 0.25) is 0 Å². The summed E-state index contributed by atoms with van der Waals surface area (Å²) in [7, 11) is 1.36. The summed E-state index contributed by atoms with van der Waals surface area (Å²) in [5, 5.41) is 9.49. The number of furan rings is 1. The summed E-state index contributed by atoms with van der Waals surface area (Å²) in [6, 6.07) is 7.60. The molecule has 1 N–H and O–H groups in total. The van der Waals surface area contributed by atoms with Crippen LogP contribution < -0.4 is 9.64 Å². The number of aliphatic carboxylic acids is 1. The van der Waals surface area contributed by atoms with Crippen LogP contribution in [0, 0.1) is 11.2 Å². The second-order valence-electron chi connectivity index (χ2n) is 6.49. The summed E-state index contributed by atoms with van der Waals surface area (Å²) in [6.45, 7) is 0.0906. The fourth-order valence-electron chi connectivity index (χ4n) is 3.16. The van der Waals surface area contributed by atoms with Crippen LogP contribution in [0.15, 0.2) is 41.0 Å². The average molecular weight is 361 g/mol. The molecule has 0 bridgehead atoms. The maximum Gasteiger partial charge on any atom is 0.310 e. The highest BCUT2D eigenvalue weighted by Gasteiger charge is 2.46. The van der Waals surface area contributed by atoms with Crippen molar-refractivity contribution in [2.75, 3.05) is 12.0 Å². The van der Waals surface area contributed by atoms with Crippen molar-refractivity contribution in [3.8, 4) is 5.75 Å². The van der Waals surface area contributed by atoms with Gasteiger partial charge in [0.15, 0.2) is 11.6 Å². The molecule has 26 heavy (non-hydrogen) atoms. The molecule has 1 aliphatic carbocycles. The predicted molar refractivity (Wildman–Crippen MR) is 91.4 cm³/mol. The van der Waals surface area contributed by atoms with E-state index in [0.29, 0.717) is 24.3 Å². The predicted octanol–water partition coefficient (Wildman–Crippen LogP) is 3.61. The highest BCUT2D eigenvalue weighted by molar-refractivity contribution is 5.96. The molecule has 6 nitrogen and oxygen atoms in total. The molecule has 0 saturated heterocycles. The Hall–Kier alpha value is -2.83. The molecule has 0 atom stereocenters. The molecule has 1 aromatic carbocycles. The van der Waals surface area contributed by atoms with Crippen molar-refractivity contribution in [3.05, 3.63) is 48.2 Å². The molecule has 2 aromatic rings. The van der Waals surface area contributed by atoms with E-state index in [9.17, 15) is 19.1 Å². The first-order chi connectivity index (χ1) is 12.4. The molecule has 1 heterocycles. The molecule has 0 spiro atoms. The molecule has 1 aromatic heterocycles. The second kappa shape index (κ2) is 7.19. The molecule has 0 radical (unpaired) electrons. The van der Waals surface area contributed by atoms with Crippen LogP contribution in [-0.4, -0.2) is 24.1 Å². The first kappa shape index (κ1) is 18.0. The third-order valence-corrected chi connectivity index (χ3v) is 4.90. The lowest BCUT2D eigenvalue weighted by molar-refractivity contribution is -0.157. The minimum absolute atomic E-state index is 0.0696. The molecule has 7 heteroatoms. The monoisotopic (exact) mass is 361 g/mol. The number of ether oxygens (including phenoxy) is 1. The Labute approximate surface area is 150 Å². The van der Waals surface area contributed by atoms with Crippen LogP contribution >= 0.6 is 0 Å². The highest BCUT2D eigenvalue weighted by atomic mass is 19.1. The smallest absolute Gasteiger partial charge is 0.310 e. The Morgan fingerprint density at radius 1 is 1.35 bits per heavy atom. The SMILES string of the molecule is COc1ccc(N(Cc2ccco2)C(=O)CC2(C(=O)O)CCC2)cc1F. The summed E-state index contributed by atoms with van der Waals surface area (Å²) in [6.07, 6.45) is 3.09. The van der Waals surface area contributed by atoms with E-state index < -0.39 is 17.2 Å². The average Bonchev–Trinajstić information content (AvgIpc) is 3.08. The van der Waals surface area contributed by atoms with Gasteiger partial charge in [-0.25, -0.2) is 4.39 Å². The summed E-state index contributed by atoms with van der Waals surface area (Å²) >= 11 is 0. The van der Waals surface area contributed by atoms with Gasteiger partial charge >= 0.3 is 5.97 Å². The minimum atomic E-state index is -1.02. The number of carboxylic acids is 1. The molecule has 0 unspecified atom stereocenters.